The summed E-state index contributed by atoms with van der Waals surface area (Å²) in [6, 6.07) is 18.9. The highest BCUT2D eigenvalue weighted by atomic mass is 19.1. The Morgan fingerprint density at radius 2 is 1.77 bits per heavy atom. The molecule has 3 rings (SSSR count). The molecule has 0 aliphatic rings. The number of carbonyl (C=O) groups is 1. The molecule has 0 radical (unpaired) electrons. The third-order valence-electron chi connectivity index (χ3n) is 4.15. The molecule has 0 aliphatic heterocycles. The monoisotopic (exact) mass is 422 g/mol. The van der Waals surface area contributed by atoms with Crippen LogP contribution in [0, 0.1) is 15.9 Å². The third kappa shape index (κ3) is 6.64. The van der Waals surface area contributed by atoms with E-state index >= 15 is 0 Å². The van der Waals surface area contributed by atoms with Crippen molar-refractivity contribution in [3.63, 3.8) is 0 Å². The van der Waals surface area contributed by atoms with Gasteiger partial charge in [-0.3, -0.25) is 14.9 Å². The Morgan fingerprint density at radius 3 is 2.48 bits per heavy atom. The number of benzene rings is 3. The lowest BCUT2D eigenvalue weighted by Crippen LogP contribution is -2.25. The molecule has 3 aromatic rings. The van der Waals surface area contributed by atoms with Gasteiger partial charge in [0.25, 0.3) is 11.6 Å². The number of non-ortho nitro benzene ring substituents is 1. The average Bonchev–Trinajstić information content (AvgIpc) is 2.78. The number of amides is 1. The summed E-state index contributed by atoms with van der Waals surface area (Å²) in [5.74, 6) is -0.179. The number of rotatable bonds is 9. The van der Waals surface area contributed by atoms with Crippen molar-refractivity contribution >= 4 is 23.5 Å². The zero-order valence-electron chi connectivity index (χ0n) is 16.3. The predicted octanol–water partition coefficient (Wildman–Crippen LogP) is 3.88. The molecule has 0 fully saturated rings. The van der Waals surface area contributed by atoms with E-state index in [-0.39, 0.29) is 30.6 Å². The molecule has 0 unspecified atom stereocenters. The van der Waals surface area contributed by atoms with E-state index in [4.69, 9.17) is 4.74 Å². The van der Waals surface area contributed by atoms with Crippen molar-refractivity contribution in [3.8, 4) is 5.75 Å². The summed E-state index contributed by atoms with van der Waals surface area (Å²) >= 11 is 0. The lowest BCUT2D eigenvalue weighted by Gasteiger charge is -2.09. The summed E-state index contributed by atoms with van der Waals surface area (Å²) in [7, 11) is 0. The highest BCUT2D eigenvalue weighted by Crippen LogP contribution is 2.19. The van der Waals surface area contributed by atoms with E-state index in [1.807, 2.05) is 0 Å². The van der Waals surface area contributed by atoms with E-state index in [0.717, 1.165) is 5.56 Å². The van der Waals surface area contributed by atoms with Crippen molar-refractivity contribution in [2.45, 2.75) is 6.61 Å². The summed E-state index contributed by atoms with van der Waals surface area (Å²) in [6.45, 7) is 0.193. The number of nitrogens with zero attached hydrogens (tertiary/aromatic N) is 2. The number of halogens is 1. The molecule has 0 aliphatic carbocycles. The van der Waals surface area contributed by atoms with Crippen LogP contribution in [0.5, 0.6) is 5.75 Å². The smallest absolute Gasteiger partial charge is 0.269 e. The molecule has 8 nitrogen and oxygen atoms in total. The molecule has 0 saturated heterocycles. The molecule has 0 aromatic heterocycles. The van der Waals surface area contributed by atoms with Crippen LogP contribution < -0.4 is 15.5 Å². The molecule has 2 N–H and O–H groups in total. The largest absolute Gasteiger partial charge is 0.488 e. The van der Waals surface area contributed by atoms with Gasteiger partial charge in [-0.1, -0.05) is 12.1 Å². The molecule has 31 heavy (non-hydrogen) atoms. The minimum absolute atomic E-state index is 0.0148. The van der Waals surface area contributed by atoms with Gasteiger partial charge >= 0.3 is 0 Å². The van der Waals surface area contributed by atoms with Crippen LogP contribution in [0.15, 0.2) is 77.9 Å². The number of nitro benzene ring substituents is 1. The molecule has 0 bridgehead atoms. The van der Waals surface area contributed by atoms with Gasteiger partial charge in [-0.15, -0.1) is 0 Å². The minimum atomic E-state index is -0.458. The number of nitro groups is 1. The van der Waals surface area contributed by atoms with Crippen molar-refractivity contribution in [1.29, 1.82) is 0 Å². The fourth-order valence-electron chi connectivity index (χ4n) is 2.56. The van der Waals surface area contributed by atoms with Gasteiger partial charge in [0.2, 0.25) is 0 Å². The Kier molecular flexibility index (Phi) is 7.26. The van der Waals surface area contributed by atoms with Gasteiger partial charge in [-0.05, 0) is 54.1 Å². The van der Waals surface area contributed by atoms with Crippen LogP contribution in [-0.2, 0) is 11.4 Å². The van der Waals surface area contributed by atoms with Crippen LogP contribution in [0.25, 0.3) is 0 Å². The zero-order chi connectivity index (χ0) is 22.1. The normalized spacial score (nSPS) is 10.6. The Hall–Kier alpha value is -4.27. The Morgan fingerprint density at radius 1 is 1.06 bits per heavy atom. The Labute approximate surface area is 177 Å². The second kappa shape index (κ2) is 10.5. The van der Waals surface area contributed by atoms with Crippen LogP contribution in [0.4, 0.5) is 15.8 Å². The van der Waals surface area contributed by atoms with Crippen LogP contribution >= 0.6 is 0 Å². The molecule has 0 heterocycles. The van der Waals surface area contributed by atoms with Gasteiger partial charge in [0, 0.05) is 23.4 Å². The molecule has 0 saturated carbocycles. The first-order chi connectivity index (χ1) is 15.0. The highest BCUT2D eigenvalue weighted by Gasteiger charge is 2.06. The van der Waals surface area contributed by atoms with Gasteiger partial charge in [-0.2, -0.15) is 5.10 Å². The fourth-order valence-corrected chi connectivity index (χ4v) is 2.56. The number of para-hydroxylation sites is 1. The van der Waals surface area contributed by atoms with Crippen molar-refractivity contribution in [2.75, 3.05) is 11.9 Å². The number of hydrazone groups is 1. The lowest BCUT2D eigenvalue weighted by molar-refractivity contribution is -0.384. The van der Waals surface area contributed by atoms with Crippen molar-refractivity contribution < 1.29 is 18.8 Å². The maximum atomic E-state index is 12.9. The number of ether oxygens (including phenoxy) is 1. The molecule has 0 atom stereocenters. The first kappa shape index (κ1) is 21.4. The number of hydrogen-bond donors (Lipinski definition) is 2. The van der Waals surface area contributed by atoms with E-state index in [9.17, 15) is 19.3 Å². The topological polar surface area (TPSA) is 106 Å². The molecular formula is C22H19FN4O4. The van der Waals surface area contributed by atoms with Gasteiger partial charge in [0.05, 0.1) is 17.7 Å². The van der Waals surface area contributed by atoms with Gasteiger partial charge < -0.3 is 10.1 Å². The molecule has 1 amide bonds. The number of nitrogens with one attached hydrogen (secondary N) is 2. The third-order valence-corrected chi connectivity index (χ3v) is 4.15. The van der Waals surface area contributed by atoms with Crippen LogP contribution in [0.1, 0.15) is 11.1 Å². The standard InChI is InChI=1S/C22H19FN4O4/c23-18-7-9-19(10-8-18)24-14-22(28)26-25-13-17-3-1-2-4-21(17)31-15-16-5-11-20(12-6-16)27(29)30/h1-13,24H,14-15H2,(H,26,28)/b25-13-. The number of hydrogen-bond acceptors (Lipinski definition) is 6. The van der Waals surface area contributed by atoms with Crippen LogP contribution in [0.3, 0.4) is 0 Å². The van der Waals surface area contributed by atoms with Crippen molar-refractivity contribution in [1.82, 2.24) is 5.43 Å². The van der Waals surface area contributed by atoms with E-state index in [1.165, 1.54) is 42.6 Å². The number of anilines is 1. The second-order valence-corrected chi connectivity index (χ2v) is 6.40. The van der Waals surface area contributed by atoms with Crippen molar-refractivity contribution in [3.05, 3.63) is 99.9 Å². The first-order valence-electron chi connectivity index (χ1n) is 9.28. The van der Waals surface area contributed by atoms with E-state index in [1.54, 1.807) is 36.4 Å². The minimum Gasteiger partial charge on any atom is -0.488 e. The number of carbonyl (C=O) groups excluding carboxylic acids is 1. The Balaban J connectivity index is 1.52. The van der Waals surface area contributed by atoms with Crippen LogP contribution in [0.2, 0.25) is 0 Å². The van der Waals surface area contributed by atoms with E-state index < -0.39 is 4.92 Å². The van der Waals surface area contributed by atoms with Crippen molar-refractivity contribution in [2.24, 2.45) is 5.10 Å². The first-order valence-corrected chi connectivity index (χ1v) is 9.28. The molecule has 9 heteroatoms. The highest BCUT2D eigenvalue weighted by molar-refractivity contribution is 5.86. The molecule has 3 aromatic carbocycles. The maximum absolute atomic E-state index is 12.9. The second-order valence-electron chi connectivity index (χ2n) is 6.40. The summed E-state index contributed by atoms with van der Waals surface area (Å²) < 4.78 is 18.7. The lowest BCUT2D eigenvalue weighted by atomic mass is 10.2. The predicted molar refractivity (Wildman–Crippen MR) is 114 cm³/mol. The van der Waals surface area contributed by atoms with Gasteiger partial charge in [0.15, 0.2) is 0 Å². The summed E-state index contributed by atoms with van der Waals surface area (Å²) in [5.41, 5.74) is 4.46. The van der Waals surface area contributed by atoms with E-state index in [0.29, 0.717) is 17.0 Å². The Bertz CT molecular complexity index is 1070. The average molecular weight is 422 g/mol. The van der Waals surface area contributed by atoms with Gasteiger partial charge in [-0.25, -0.2) is 9.82 Å². The van der Waals surface area contributed by atoms with E-state index in [2.05, 4.69) is 15.8 Å². The summed E-state index contributed by atoms with van der Waals surface area (Å²) in [5, 5.41) is 17.5. The molecule has 0 spiro atoms. The summed E-state index contributed by atoms with van der Waals surface area (Å²) in [4.78, 5) is 22.2. The quantitative estimate of drug-likeness (QED) is 0.309. The SMILES string of the molecule is O=C(CNc1ccc(F)cc1)N/N=C\c1ccccc1OCc1ccc([N+](=O)[O-])cc1. The molecular weight excluding hydrogens is 403 g/mol. The molecule has 158 valence electrons. The zero-order valence-corrected chi connectivity index (χ0v) is 16.3. The maximum Gasteiger partial charge on any atom is 0.269 e. The van der Waals surface area contributed by atoms with Gasteiger partial charge in [0.1, 0.15) is 18.2 Å². The fraction of sp³-hybridized carbons (Fsp3) is 0.0909. The summed E-state index contributed by atoms with van der Waals surface area (Å²) in [6.07, 6.45) is 1.46. The van der Waals surface area contributed by atoms with Crippen LogP contribution in [-0.4, -0.2) is 23.6 Å².